The van der Waals surface area contributed by atoms with Crippen molar-refractivity contribution < 1.29 is 9.53 Å². The van der Waals surface area contributed by atoms with Gasteiger partial charge < -0.3 is 4.74 Å². The molecule has 1 atom stereocenters. The van der Waals surface area contributed by atoms with Gasteiger partial charge in [-0.3, -0.25) is 4.90 Å². The molecular weight excluding hydrogens is 310 g/mol. The molecule has 4 heteroatoms. The molecule has 0 spiro atoms. The molecule has 2 aromatic rings. The van der Waals surface area contributed by atoms with Gasteiger partial charge in [-0.2, -0.15) is 0 Å². The first-order chi connectivity index (χ1) is 11.2. The summed E-state index contributed by atoms with van der Waals surface area (Å²) in [4.78, 5) is 14.0. The van der Waals surface area contributed by atoms with Crippen LogP contribution in [0.3, 0.4) is 0 Å². The molecule has 0 amide bonds. The number of hydrogen-bond acceptors (Lipinski definition) is 3. The molecule has 0 aliphatic carbocycles. The van der Waals surface area contributed by atoms with Crippen molar-refractivity contribution in [3.8, 4) is 0 Å². The van der Waals surface area contributed by atoms with Gasteiger partial charge in [-0.25, -0.2) is 4.79 Å². The highest BCUT2D eigenvalue weighted by Gasteiger charge is 2.25. The Bertz CT molecular complexity index is 667. The number of carbonyl (C=O) groups is 1. The molecule has 1 saturated heterocycles. The summed E-state index contributed by atoms with van der Waals surface area (Å²) in [5, 5.41) is 0.775. The smallest absolute Gasteiger partial charge is 0.337 e. The molecule has 1 heterocycles. The number of methoxy groups -OCH3 is 1. The Labute approximate surface area is 141 Å². The van der Waals surface area contributed by atoms with Crippen molar-refractivity contribution in [1.29, 1.82) is 0 Å². The standard InChI is InChI=1S/C19H20ClNO2/c1-23-19(22)16-6-4-14(5-7-16)13-21-12-2-3-18(21)15-8-10-17(20)11-9-15/h4-11,18H,2-3,12-13H2,1H3/t18-/m1/s1. The van der Waals surface area contributed by atoms with Crippen molar-refractivity contribution in [2.45, 2.75) is 25.4 Å². The first-order valence-electron chi connectivity index (χ1n) is 7.84. The van der Waals surface area contributed by atoms with Crippen LogP contribution in [0.5, 0.6) is 0 Å². The van der Waals surface area contributed by atoms with E-state index in [0.29, 0.717) is 11.6 Å². The maximum atomic E-state index is 11.5. The Morgan fingerprint density at radius 2 is 1.87 bits per heavy atom. The van der Waals surface area contributed by atoms with Gasteiger partial charge >= 0.3 is 5.97 Å². The van der Waals surface area contributed by atoms with E-state index in [1.165, 1.54) is 31.1 Å². The van der Waals surface area contributed by atoms with Crippen LogP contribution in [0.25, 0.3) is 0 Å². The van der Waals surface area contributed by atoms with Crippen molar-refractivity contribution in [2.24, 2.45) is 0 Å². The zero-order chi connectivity index (χ0) is 16.2. The first kappa shape index (κ1) is 16.0. The predicted molar refractivity (Wildman–Crippen MR) is 91.6 cm³/mol. The molecule has 2 aromatic carbocycles. The summed E-state index contributed by atoms with van der Waals surface area (Å²) >= 11 is 5.99. The third-order valence-electron chi connectivity index (χ3n) is 4.38. The van der Waals surface area contributed by atoms with Crippen LogP contribution in [0.15, 0.2) is 48.5 Å². The van der Waals surface area contributed by atoms with Crippen LogP contribution in [0, 0.1) is 0 Å². The Hall–Kier alpha value is -1.84. The summed E-state index contributed by atoms with van der Waals surface area (Å²) in [7, 11) is 1.40. The number of carbonyl (C=O) groups excluding carboxylic acids is 1. The Morgan fingerprint density at radius 1 is 1.17 bits per heavy atom. The molecule has 1 aliphatic heterocycles. The summed E-state index contributed by atoms with van der Waals surface area (Å²) in [6.07, 6.45) is 2.37. The van der Waals surface area contributed by atoms with Crippen LogP contribution in [0.4, 0.5) is 0 Å². The Morgan fingerprint density at radius 3 is 2.52 bits per heavy atom. The van der Waals surface area contributed by atoms with Crippen LogP contribution in [0.2, 0.25) is 5.02 Å². The number of likely N-dealkylation sites (tertiary alicyclic amines) is 1. The molecule has 0 saturated carbocycles. The Balaban J connectivity index is 1.71. The lowest BCUT2D eigenvalue weighted by Gasteiger charge is -2.25. The molecule has 3 rings (SSSR count). The van der Waals surface area contributed by atoms with Gasteiger partial charge in [-0.15, -0.1) is 0 Å². The van der Waals surface area contributed by atoms with E-state index in [-0.39, 0.29) is 5.97 Å². The number of halogens is 1. The maximum absolute atomic E-state index is 11.5. The number of esters is 1. The fraction of sp³-hybridized carbons (Fsp3) is 0.316. The van der Waals surface area contributed by atoms with Crippen molar-refractivity contribution in [3.63, 3.8) is 0 Å². The van der Waals surface area contributed by atoms with Gasteiger partial charge in [-0.1, -0.05) is 35.9 Å². The van der Waals surface area contributed by atoms with Gasteiger partial charge in [0.2, 0.25) is 0 Å². The van der Waals surface area contributed by atoms with E-state index in [1.807, 2.05) is 36.4 Å². The van der Waals surface area contributed by atoms with Crippen LogP contribution in [0.1, 0.15) is 40.4 Å². The molecule has 120 valence electrons. The molecule has 0 radical (unpaired) electrons. The van der Waals surface area contributed by atoms with Gasteiger partial charge in [-0.05, 0) is 54.8 Å². The van der Waals surface area contributed by atoms with Crippen molar-refractivity contribution in [3.05, 3.63) is 70.2 Å². The third kappa shape index (κ3) is 3.74. The number of benzene rings is 2. The Kier molecular flexibility index (Phi) is 4.99. The fourth-order valence-electron chi connectivity index (χ4n) is 3.18. The summed E-state index contributed by atoms with van der Waals surface area (Å²) in [5.41, 5.74) is 3.11. The monoisotopic (exact) mass is 329 g/mol. The van der Waals surface area contributed by atoms with Crippen molar-refractivity contribution >= 4 is 17.6 Å². The predicted octanol–water partition coefficient (Wildman–Crippen LogP) is 4.46. The lowest BCUT2D eigenvalue weighted by Crippen LogP contribution is -2.22. The second-order valence-electron chi connectivity index (χ2n) is 5.87. The number of ether oxygens (including phenoxy) is 1. The van der Waals surface area contributed by atoms with Crippen LogP contribution < -0.4 is 0 Å². The number of rotatable bonds is 4. The fourth-order valence-corrected chi connectivity index (χ4v) is 3.30. The van der Waals surface area contributed by atoms with E-state index < -0.39 is 0 Å². The summed E-state index contributed by atoms with van der Waals surface area (Å²) in [6, 6.07) is 16.2. The minimum atomic E-state index is -0.295. The third-order valence-corrected chi connectivity index (χ3v) is 4.63. The zero-order valence-electron chi connectivity index (χ0n) is 13.2. The van der Waals surface area contributed by atoms with Gasteiger partial charge in [0.25, 0.3) is 0 Å². The van der Waals surface area contributed by atoms with E-state index in [4.69, 9.17) is 16.3 Å². The second-order valence-corrected chi connectivity index (χ2v) is 6.30. The minimum Gasteiger partial charge on any atom is -0.465 e. The van der Waals surface area contributed by atoms with Gasteiger partial charge in [0.15, 0.2) is 0 Å². The summed E-state index contributed by atoms with van der Waals surface area (Å²) < 4.78 is 4.73. The number of hydrogen-bond donors (Lipinski definition) is 0. The van der Waals surface area contributed by atoms with Crippen molar-refractivity contribution in [2.75, 3.05) is 13.7 Å². The molecule has 0 N–H and O–H groups in total. The summed E-state index contributed by atoms with van der Waals surface area (Å²) in [6.45, 7) is 1.97. The quantitative estimate of drug-likeness (QED) is 0.775. The van der Waals surface area contributed by atoms with E-state index in [0.717, 1.165) is 18.1 Å². The zero-order valence-corrected chi connectivity index (χ0v) is 13.9. The van der Waals surface area contributed by atoms with Gasteiger partial charge in [0, 0.05) is 17.6 Å². The van der Waals surface area contributed by atoms with E-state index >= 15 is 0 Å². The van der Waals surface area contributed by atoms with E-state index in [2.05, 4.69) is 17.0 Å². The topological polar surface area (TPSA) is 29.5 Å². The average molecular weight is 330 g/mol. The average Bonchev–Trinajstić information content (AvgIpc) is 3.03. The molecule has 0 bridgehead atoms. The first-order valence-corrected chi connectivity index (χ1v) is 8.22. The SMILES string of the molecule is COC(=O)c1ccc(CN2CCC[C@@H]2c2ccc(Cl)cc2)cc1. The van der Waals surface area contributed by atoms with Crippen molar-refractivity contribution in [1.82, 2.24) is 4.90 Å². The van der Waals surface area contributed by atoms with E-state index in [1.54, 1.807) is 0 Å². The molecule has 3 nitrogen and oxygen atoms in total. The normalized spacial score (nSPS) is 18.1. The van der Waals surface area contributed by atoms with Crippen LogP contribution >= 0.6 is 11.6 Å². The molecule has 23 heavy (non-hydrogen) atoms. The summed E-state index contributed by atoms with van der Waals surface area (Å²) in [5.74, 6) is -0.295. The molecule has 1 aliphatic rings. The van der Waals surface area contributed by atoms with Crippen LogP contribution in [-0.4, -0.2) is 24.5 Å². The lowest BCUT2D eigenvalue weighted by atomic mass is 10.0. The molecule has 0 unspecified atom stereocenters. The molecule has 0 aromatic heterocycles. The minimum absolute atomic E-state index is 0.295. The van der Waals surface area contributed by atoms with Crippen LogP contribution in [-0.2, 0) is 11.3 Å². The molecule has 1 fully saturated rings. The van der Waals surface area contributed by atoms with Gasteiger partial charge in [0.1, 0.15) is 0 Å². The molecular formula is C19H20ClNO2. The highest BCUT2D eigenvalue weighted by Crippen LogP contribution is 2.33. The second kappa shape index (κ2) is 7.16. The van der Waals surface area contributed by atoms with Gasteiger partial charge in [0.05, 0.1) is 12.7 Å². The number of nitrogens with zero attached hydrogens (tertiary/aromatic N) is 1. The highest BCUT2D eigenvalue weighted by molar-refractivity contribution is 6.30. The van der Waals surface area contributed by atoms with E-state index in [9.17, 15) is 4.79 Å². The highest BCUT2D eigenvalue weighted by atomic mass is 35.5. The largest absolute Gasteiger partial charge is 0.465 e. The maximum Gasteiger partial charge on any atom is 0.337 e. The lowest BCUT2D eigenvalue weighted by molar-refractivity contribution is 0.0600.